The number of allylic oxidation sites excluding steroid dienone is 2. The van der Waals surface area contributed by atoms with Crippen LogP contribution < -0.4 is 19.3 Å². The molecule has 186 valence electrons. The average molecular weight is 489 g/mol. The standard InChI is InChI=1S/C28H28N2O6/c1-16-4-10-22-23(12-16)27(33)30(26(22)32)24-11-9-21(13-17(24)2)36-28(34)18-14-25(31)29(15-18)19-5-7-20(35-3)8-6-19/h4-9,11,13,18,22-23H,10,12,14-15H2,1-3H3/t18-,22-,23-/m1/s1. The molecule has 0 spiro atoms. The molecule has 2 aliphatic heterocycles. The van der Waals surface area contributed by atoms with Gasteiger partial charge in [-0.2, -0.15) is 0 Å². The lowest BCUT2D eigenvalue weighted by Gasteiger charge is -2.19. The number of methoxy groups -OCH3 is 1. The molecule has 3 atom stereocenters. The summed E-state index contributed by atoms with van der Waals surface area (Å²) in [6, 6.07) is 12.0. The van der Waals surface area contributed by atoms with Gasteiger partial charge in [0.2, 0.25) is 17.7 Å². The normalized spacial score (nSPS) is 23.6. The Balaban J connectivity index is 1.27. The molecule has 8 heteroatoms. The first-order chi connectivity index (χ1) is 17.3. The van der Waals surface area contributed by atoms with Crippen LogP contribution in [0.25, 0.3) is 0 Å². The second-order valence-electron chi connectivity index (χ2n) is 9.69. The van der Waals surface area contributed by atoms with Crippen molar-refractivity contribution >= 4 is 35.1 Å². The Labute approximate surface area is 209 Å². The van der Waals surface area contributed by atoms with E-state index in [0.29, 0.717) is 41.3 Å². The van der Waals surface area contributed by atoms with E-state index in [0.717, 1.165) is 5.57 Å². The van der Waals surface area contributed by atoms with Gasteiger partial charge in [0.25, 0.3) is 0 Å². The maximum Gasteiger partial charge on any atom is 0.316 e. The number of amides is 3. The quantitative estimate of drug-likeness (QED) is 0.275. The molecule has 2 heterocycles. The van der Waals surface area contributed by atoms with Crippen molar-refractivity contribution in [1.29, 1.82) is 0 Å². The first kappa shape index (κ1) is 23.8. The summed E-state index contributed by atoms with van der Waals surface area (Å²) in [5.74, 6) is -1.22. The number of nitrogens with zero attached hydrogens (tertiary/aromatic N) is 2. The third kappa shape index (κ3) is 4.17. The van der Waals surface area contributed by atoms with E-state index in [1.54, 1.807) is 61.4 Å². The van der Waals surface area contributed by atoms with Gasteiger partial charge in [-0.25, -0.2) is 4.90 Å². The molecular formula is C28H28N2O6. The first-order valence-electron chi connectivity index (χ1n) is 12.1. The fraction of sp³-hybridized carbons (Fsp3) is 0.357. The zero-order valence-corrected chi connectivity index (χ0v) is 20.5. The van der Waals surface area contributed by atoms with Crippen molar-refractivity contribution in [2.45, 2.75) is 33.1 Å². The van der Waals surface area contributed by atoms with E-state index in [1.165, 1.54) is 4.90 Å². The molecule has 0 radical (unpaired) electrons. The number of carbonyl (C=O) groups excluding carboxylic acids is 4. The smallest absolute Gasteiger partial charge is 0.316 e. The fourth-order valence-corrected chi connectivity index (χ4v) is 5.29. The SMILES string of the molecule is COc1ccc(N2C[C@H](C(=O)Oc3ccc(N4C(=O)[C@@H]5CC=C(C)C[C@H]5C4=O)c(C)c3)CC2=O)cc1. The molecule has 0 aromatic heterocycles. The van der Waals surface area contributed by atoms with E-state index in [1.807, 2.05) is 13.0 Å². The first-order valence-corrected chi connectivity index (χ1v) is 12.1. The van der Waals surface area contributed by atoms with Crippen LogP contribution in [0.2, 0.25) is 0 Å². The zero-order chi connectivity index (χ0) is 25.6. The molecule has 8 nitrogen and oxygen atoms in total. The number of aryl methyl sites for hydroxylation is 1. The molecule has 3 amide bonds. The van der Waals surface area contributed by atoms with Gasteiger partial charge in [0.05, 0.1) is 30.6 Å². The minimum absolute atomic E-state index is 0.0644. The van der Waals surface area contributed by atoms with Gasteiger partial charge in [0, 0.05) is 18.7 Å². The minimum atomic E-state index is -0.597. The zero-order valence-electron chi connectivity index (χ0n) is 20.5. The molecule has 2 saturated heterocycles. The number of fused-ring (bicyclic) bond motifs is 1. The number of hydrogen-bond donors (Lipinski definition) is 0. The topological polar surface area (TPSA) is 93.2 Å². The van der Waals surface area contributed by atoms with E-state index in [9.17, 15) is 19.2 Å². The summed E-state index contributed by atoms with van der Waals surface area (Å²) < 4.78 is 10.7. The highest BCUT2D eigenvalue weighted by Crippen LogP contribution is 2.41. The molecule has 36 heavy (non-hydrogen) atoms. The molecule has 0 bridgehead atoms. The van der Waals surface area contributed by atoms with Gasteiger partial charge in [0.15, 0.2) is 0 Å². The van der Waals surface area contributed by atoms with Crippen molar-refractivity contribution in [2.24, 2.45) is 17.8 Å². The number of imide groups is 1. The molecule has 5 rings (SSSR count). The van der Waals surface area contributed by atoms with Crippen LogP contribution in [0.5, 0.6) is 11.5 Å². The second-order valence-corrected chi connectivity index (χ2v) is 9.69. The summed E-state index contributed by atoms with van der Waals surface area (Å²) in [5, 5.41) is 0. The van der Waals surface area contributed by atoms with E-state index in [2.05, 4.69) is 0 Å². The molecule has 3 aliphatic rings. The van der Waals surface area contributed by atoms with Crippen molar-refractivity contribution in [3.05, 3.63) is 59.7 Å². The van der Waals surface area contributed by atoms with E-state index in [-0.39, 0.29) is 42.5 Å². The number of esters is 1. The van der Waals surface area contributed by atoms with E-state index < -0.39 is 11.9 Å². The van der Waals surface area contributed by atoms with Gasteiger partial charge in [-0.1, -0.05) is 11.6 Å². The van der Waals surface area contributed by atoms with Crippen molar-refractivity contribution < 1.29 is 28.7 Å². The number of carbonyl (C=O) groups is 4. The average Bonchev–Trinajstić information content (AvgIpc) is 3.37. The van der Waals surface area contributed by atoms with Gasteiger partial charge in [-0.3, -0.25) is 19.2 Å². The summed E-state index contributed by atoms with van der Waals surface area (Å²) in [7, 11) is 1.57. The number of benzene rings is 2. The molecular weight excluding hydrogens is 460 g/mol. The third-order valence-electron chi connectivity index (χ3n) is 7.29. The number of ether oxygens (including phenoxy) is 2. The van der Waals surface area contributed by atoms with Crippen LogP contribution in [-0.2, 0) is 19.2 Å². The maximum atomic E-state index is 13.0. The van der Waals surface area contributed by atoms with Crippen molar-refractivity contribution in [1.82, 2.24) is 0 Å². The lowest BCUT2D eigenvalue weighted by molar-refractivity contribution is -0.139. The monoisotopic (exact) mass is 488 g/mol. The molecule has 0 N–H and O–H groups in total. The predicted octanol–water partition coefficient (Wildman–Crippen LogP) is 3.81. The summed E-state index contributed by atoms with van der Waals surface area (Å²) in [6.45, 7) is 4.00. The van der Waals surface area contributed by atoms with Crippen LogP contribution in [0.4, 0.5) is 11.4 Å². The highest BCUT2D eigenvalue weighted by atomic mass is 16.5. The van der Waals surface area contributed by atoms with Crippen LogP contribution in [0.1, 0.15) is 31.7 Å². The number of anilines is 2. The fourth-order valence-electron chi connectivity index (χ4n) is 5.29. The Hall–Kier alpha value is -3.94. The largest absolute Gasteiger partial charge is 0.497 e. The Morgan fingerprint density at radius 3 is 2.31 bits per heavy atom. The highest BCUT2D eigenvalue weighted by Gasteiger charge is 2.49. The molecule has 2 aromatic carbocycles. The van der Waals surface area contributed by atoms with Gasteiger partial charge in [-0.15, -0.1) is 0 Å². The van der Waals surface area contributed by atoms with Crippen LogP contribution >= 0.6 is 0 Å². The van der Waals surface area contributed by atoms with E-state index in [4.69, 9.17) is 9.47 Å². The number of hydrogen-bond acceptors (Lipinski definition) is 6. The molecule has 0 unspecified atom stereocenters. The summed E-state index contributed by atoms with van der Waals surface area (Å²) in [4.78, 5) is 54.3. The Morgan fingerprint density at radius 1 is 0.917 bits per heavy atom. The molecule has 2 fully saturated rings. The Morgan fingerprint density at radius 2 is 1.61 bits per heavy atom. The second kappa shape index (κ2) is 9.26. The van der Waals surface area contributed by atoms with E-state index >= 15 is 0 Å². The van der Waals surface area contributed by atoms with Gasteiger partial charge < -0.3 is 14.4 Å². The molecule has 0 saturated carbocycles. The third-order valence-corrected chi connectivity index (χ3v) is 7.29. The summed E-state index contributed by atoms with van der Waals surface area (Å²) >= 11 is 0. The highest BCUT2D eigenvalue weighted by molar-refractivity contribution is 6.22. The van der Waals surface area contributed by atoms with Crippen LogP contribution in [0.3, 0.4) is 0 Å². The summed E-state index contributed by atoms with van der Waals surface area (Å²) in [6.07, 6.45) is 3.29. The van der Waals surface area contributed by atoms with Gasteiger partial charge in [-0.05, 0) is 74.7 Å². The Kier molecular flexibility index (Phi) is 6.12. The molecule has 2 aromatic rings. The Bertz CT molecular complexity index is 1280. The predicted molar refractivity (Wildman–Crippen MR) is 133 cm³/mol. The number of rotatable bonds is 5. The van der Waals surface area contributed by atoms with Crippen LogP contribution in [0.15, 0.2) is 54.1 Å². The summed E-state index contributed by atoms with van der Waals surface area (Å²) in [5.41, 5.74) is 3.00. The lowest BCUT2D eigenvalue weighted by Crippen LogP contribution is -2.31. The van der Waals surface area contributed by atoms with Gasteiger partial charge >= 0.3 is 5.97 Å². The van der Waals surface area contributed by atoms with Gasteiger partial charge in [0.1, 0.15) is 11.5 Å². The lowest BCUT2D eigenvalue weighted by atomic mass is 9.82. The van der Waals surface area contributed by atoms with Crippen LogP contribution in [0, 0.1) is 24.7 Å². The van der Waals surface area contributed by atoms with Crippen molar-refractivity contribution in [3.63, 3.8) is 0 Å². The van der Waals surface area contributed by atoms with Crippen LogP contribution in [-0.4, -0.2) is 37.3 Å². The molecule has 1 aliphatic carbocycles. The van der Waals surface area contributed by atoms with Crippen molar-refractivity contribution in [2.75, 3.05) is 23.5 Å². The maximum absolute atomic E-state index is 13.0. The minimum Gasteiger partial charge on any atom is -0.497 e. The van der Waals surface area contributed by atoms with Crippen molar-refractivity contribution in [3.8, 4) is 11.5 Å².